The molecule has 1 atom stereocenters. The van der Waals surface area contributed by atoms with E-state index in [0.717, 1.165) is 12.8 Å². The molecule has 0 amide bonds. The predicted molar refractivity (Wildman–Crippen MR) is 60.1 cm³/mol. The fourth-order valence-electron chi connectivity index (χ4n) is 1.47. The lowest BCUT2D eigenvalue weighted by molar-refractivity contribution is 0.165. The van der Waals surface area contributed by atoms with Crippen LogP contribution in [0.4, 0.5) is 0 Å². The summed E-state index contributed by atoms with van der Waals surface area (Å²) in [6.07, 6.45) is 6.57. The van der Waals surface area contributed by atoms with Gasteiger partial charge in [-0.15, -0.1) is 0 Å². The molecule has 0 rings (SSSR count). The Labute approximate surface area is 93.0 Å². The van der Waals surface area contributed by atoms with Crippen LogP contribution in [-0.2, 0) is 14.6 Å². The van der Waals surface area contributed by atoms with Gasteiger partial charge in [0.2, 0.25) is 0 Å². The summed E-state index contributed by atoms with van der Waals surface area (Å²) in [4.78, 5) is 0. The molecule has 0 saturated heterocycles. The van der Waals surface area contributed by atoms with Gasteiger partial charge in [-0.25, -0.2) is 4.18 Å². The number of hydrogen-bond donors (Lipinski definition) is 1. The zero-order valence-electron chi connectivity index (χ0n) is 9.61. The highest BCUT2D eigenvalue weighted by atomic mass is 32.3. The third-order valence-electron chi connectivity index (χ3n) is 2.34. The molecule has 0 heterocycles. The van der Waals surface area contributed by atoms with Gasteiger partial charge in [0.15, 0.2) is 0 Å². The van der Waals surface area contributed by atoms with E-state index in [1.165, 1.54) is 19.3 Å². The Balaban J connectivity index is 3.62. The van der Waals surface area contributed by atoms with Gasteiger partial charge in [0.25, 0.3) is 0 Å². The van der Waals surface area contributed by atoms with Gasteiger partial charge in [0.05, 0.1) is 6.10 Å². The summed E-state index contributed by atoms with van der Waals surface area (Å²) in [5, 5.41) is 0. The molecule has 0 aliphatic carbocycles. The van der Waals surface area contributed by atoms with Crippen molar-refractivity contribution >= 4 is 10.4 Å². The Morgan fingerprint density at radius 3 is 2.20 bits per heavy atom. The zero-order chi connectivity index (χ0) is 11.7. The molecule has 15 heavy (non-hydrogen) atoms. The summed E-state index contributed by atoms with van der Waals surface area (Å²) in [6, 6.07) is 0. The molecule has 0 aromatic carbocycles. The highest BCUT2D eigenvalue weighted by Gasteiger charge is 2.14. The SMILES string of the molecule is CCCCCCCC(CC)OS(=O)(=O)O. The first-order valence-electron chi connectivity index (χ1n) is 5.65. The van der Waals surface area contributed by atoms with E-state index in [2.05, 4.69) is 11.1 Å². The van der Waals surface area contributed by atoms with Gasteiger partial charge in [-0.05, 0) is 12.8 Å². The summed E-state index contributed by atoms with van der Waals surface area (Å²) in [5.41, 5.74) is 0. The molecule has 0 aliphatic heterocycles. The Hall–Kier alpha value is -0.130. The summed E-state index contributed by atoms with van der Waals surface area (Å²) in [7, 11) is -4.28. The standard InChI is InChI=1S/C10H22O4S/c1-3-5-6-7-8-9-10(4-2)14-15(11,12)13/h10H,3-9H2,1-2H3,(H,11,12,13). The van der Waals surface area contributed by atoms with Crippen LogP contribution >= 0.6 is 0 Å². The number of hydrogen-bond acceptors (Lipinski definition) is 3. The maximum absolute atomic E-state index is 10.5. The van der Waals surface area contributed by atoms with Crippen LogP contribution in [0.2, 0.25) is 0 Å². The second-order valence-electron chi connectivity index (χ2n) is 3.76. The van der Waals surface area contributed by atoms with E-state index in [1.54, 1.807) is 0 Å². The highest BCUT2D eigenvalue weighted by Crippen LogP contribution is 2.13. The van der Waals surface area contributed by atoms with Crippen molar-refractivity contribution in [2.45, 2.75) is 64.9 Å². The van der Waals surface area contributed by atoms with E-state index in [1.807, 2.05) is 6.92 Å². The van der Waals surface area contributed by atoms with Crippen molar-refractivity contribution in [2.24, 2.45) is 0 Å². The lowest BCUT2D eigenvalue weighted by atomic mass is 10.1. The minimum Gasteiger partial charge on any atom is -0.264 e. The molecular weight excluding hydrogens is 216 g/mol. The third kappa shape index (κ3) is 10.2. The van der Waals surface area contributed by atoms with Crippen molar-refractivity contribution in [3.8, 4) is 0 Å². The Morgan fingerprint density at radius 2 is 1.73 bits per heavy atom. The van der Waals surface area contributed by atoms with Gasteiger partial charge in [-0.2, -0.15) is 8.42 Å². The second kappa shape index (κ2) is 8.07. The third-order valence-corrected chi connectivity index (χ3v) is 2.86. The van der Waals surface area contributed by atoms with Crippen LogP contribution in [0, 0.1) is 0 Å². The Kier molecular flexibility index (Phi) is 8.00. The van der Waals surface area contributed by atoms with Crippen LogP contribution in [0.3, 0.4) is 0 Å². The van der Waals surface area contributed by atoms with Crippen LogP contribution in [0.25, 0.3) is 0 Å². The van der Waals surface area contributed by atoms with Crippen molar-refractivity contribution in [1.29, 1.82) is 0 Å². The second-order valence-corrected chi connectivity index (χ2v) is 4.81. The normalized spacial score (nSPS) is 14.1. The van der Waals surface area contributed by atoms with E-state index in [-0.39, 0.29) is 6.10 Å². The van der Waals surface area contributed by atoms with Gasteiger partial charge in [0.1, 0.15) is 0 Å². The van der Waals surface area contributed by atoms with Crippen LogP contribution in [-0.4, -0.2) is 19.1 Å². The average molecular weight is 238 g/mol. The molecule has 0 fully saturated rings. The molecule has 5 heteroatoms. The quantitative estimate of drug-likeness (QED) is 0.495. The lowest BCUT2D eigenvalue weighted by Crippen LogP contribution is -2.16. The van der Waals surface area contributed by atoms with Gasteiger partial charge in [-0.1, -0.05) is 46.0 Å². The van der Waals surface area contributed by atoms with E-state index in [4.69, 9.17) is 4.55 Å². The molecule has 0 aromatic heterocycles. The zero-order valence-corrected chi connectivity index (χ0v) is 10.4. The Morgan fingerprint density at radius 1 is 1.13 bits per heavy atom. The van der Waals surface area contributed by atoms with Crippen LogP contribution in [0.15, 0.2) is 0 Å². The topological polar surface area (TPSA) is 63.6 Å². The minimum atomic E-state index is -4.28. The molecule has 0 saturated carbocycles. The van der Waals surface area contributed by atoms with Crippen LogP contribution in [0.5, 0.6) is 0 Å². The molecule has 0 aliphatic rings. The molecule has 0 spiro atoms. The maximum Gasteiger partial charge on any atom is 0.397 e. The highest BCUT2D eigenvalue weighted by molar-refractivity contribution is 7.80. The van der Waals surface area contributed by atoms with Gasteiger partial charge < -0.3 is 0 Å². The van der Waals surface area contributed by atoms with Crippen molar-refractivity contribution < 1.29 is 17.2 Å². The van der Waals surface area contributed by atoms with E-state index < -0.39 is 10.4 Å². The maximum atomic E-state index is 10.5. The molecule has 1 N–H and O–H groups in total. The van der Waals surface area contributed by atoms with E-state index >= 15 is 0 Å². The largest absolute Gasteiger partial charge is 0.397 e. The van der Waals surface area contributed by atoms with Crippen LogP contribution in [0.1, 0.15) is 58.8 Å². The summed E-state index contributed by atoms with van der Waals surface area (Å²) >= 11 is 0. The van der Waals surface area contributed by atoms with Gasteiger partial charge in [-0.3, -0.25) is 4.55 Å². The van der Waals surface area contributed by atoms with Crippen molar-refractivity contribution in [2.75, 3.05) is 0 Å². The first-order valence-corrected chi connectivity index (χ1v) is 7.01. The van der Waals surface area contributed by atoms with Crippen molar-refractivity contribution in [1.82, 2.24) is 0 Å². The molecule has 92 valence electrons. The summed E-state index contributed by atoms with van der Waals surface area (Å²) in [6.45, 7) is 4.00. The van der Waals surface area contributed by atoms with Crippen molar-refractivity contribution in [3.63, 3.8) is 0 Å². The molecule has 1 unspecified atom stereocenters. The smallest absolute Gasteiger partial charge is 0.264 e. The first-order chi connectivity index (χ1) is 6.99. The van der Waals surface area contributed by atoms with Gasteiger partial charge >= 0.3 is 10.4 Å². The fraction of sp³-hybridized carbons (Fsp3) is 1.00. The molecule has 0 bridgehead atoms. The van der Waals surface area contributed by atoms with Crippen LogP contribution < -0.4 is 0 Å². The molecule has 0 radical (unpaired) electrons. The molecule has 4 nitrogen and oxygen atoms in total. The lowest BCUT2D eigenvalue weighted by Gasteiger charge is -2.12. The average Bonchev–Trinajstić information content (AvgIpc) is 2.14. The fourth-order valence-corrected chi connectivity index (χ4v) is 2.04. The molecular formula is C10H22O4S. The minimum absolute atomic E-state index is 0.373. The predicted octanol–water partition coefficient (Wildman–Crippen LogP) is 2.94. The Bertz CT molecular complexity index is 236. The molecule has 0 aromatic rings. The van der Waals surface area contributed by atoms with E-state index in [9.17, 15) is 8.42 Å². The monoisotopic (exact) mass is 238 g/mol. The van der Waals surface area contributed by atoms with Crippen molar-refractivity contribution in [3.05, 3.63) is 0 Å². The number of rotatable bonds is 9. The van der Waals surface area contributed by atoms with E-state index in [0.29, 0.717) is 12.8 Å². The number of unbranched alkanes of at least 4 members (excludes halogenated alkanes) is 4. The summed E-state index contributed by atoms with van der Waals surface area (Å²) in [5.74, 6) is 0. The van der Waals surface area contributed by atoms with Gasteiger partial charge in [0, 0.05) is 0 Å². The summed E-state index contributed by atoms with van der Waals surface area (Å²) < 4.78 is 34.0. The first kappa shape index (κ1) is 14.9.